The molecule has 1 saturated heterocycles. The van der Waals surface area contributed by atoms with E-state index in [2.05, 4.69) is 21.8 Å². The van der Waals surface area contributed by atoms with Gasteiger partial charge in [-0.05, 0) is 91.8 Å². The molecule has 1 saturated carbocycles. The molecule has 2 aliphatic carbocycles. The number of benzene rings is 2. The van der Waals surface area contributed by atoms with Crippen LogP contribution in [0.25, 0.3) is 0 Å². The SMILES string of the molecule is O=C1NS(=O)(=O)N2CCOC[C@H]2C/C=C\[C@@H](O)[C@@H]2CC[C@H]2CN2C[C@@]3(CCCc4cc(Cl)ccc43)COc3ccc1cc32. The average molecular weight is 628 g/mol. The molecule has 0 unspecified atom stereocenters. The molecule has 11 heteroatoms. The van der Waals surface area contributed by atoms with Crippen LogP contribution in [0.5, 0.6) is 5.75 Å². The van der Waals surface area contributed by atoms with Gasteiger partial charge in [0.25, 0.3) is 5.91 Å². The zero-order valence-corrected chi connectivity index (χ0v) is 25.7. The number of aliphatic hydroxyl groups is 1. The largest absolute Gasteiger partial charge is 0.490 e. The van der Waals surface area contributed by atoms with Crippen LogP contribution in [0.4, 0.5) is 5.69 Å². The van der Waals surface area contributed by atoms with Gasteiger partial charge in [0, 0.05) is 35.6 Å². The number of hydrogen-bond donors (Lipinski definition) is 2. The highest BCUT2D eigenvalue weighted by Crippen LogP contribution is 2.46. The Bertz CT molecular complexity index is 1550. The molecule has 2 aromatic rings. The third kappa shape index (κ3) is 5.46. The number of hydrogen-bond acceptors (Lipinski definition) is 7. The number of anilines is 1. The minimum absolute atomic E-state index is 0.0964. The monoisotopic (exact) mass is 627 g/mol. The topological polar surface area (TPSA) is 108 Å². The van der Waals surface area contributed by atoms with Crippen LogP contribution < -0.4 is 14.4 Å². The second-order valence-electron chi connectivity index (χ2n) is 12.7. The van der Waals surface area contributed by atoms with Gasteiger partial charge in [-0.25, -0.2) is 4.72 Å². The molecule has 0 aromatic heterocycles. The predicted molar refractivity (Wildman–Crippen MR) is 164 cm³/mol. The third-order valence-corrected chi connectivity index (χ3v) is 11.9. The highest BCUT2D eigenvalue weighted by molar-refractivity contribution is 7.87. The van der Waals surface area contributed by atoms with Crippen molar-refractivity contribution < 1.29 is 27.8 Å². The first-order valence-corrected chi connectivity index (χ1v) is 17.1. The molecule has 43 heavy (non-hydrogen) atoms. The molecule has 230 valence electrons. The van der Waals surface area contributed by atoms with Crippen LogP contribution in [0.1, 0.15) is 53.6 Å². The number of fused-ring (bicyclic) bond motifs is 5. The summed E-state index contributed by atoms with van der Waals surface area (Å²) in [5.41, 5.74) is 3.25. The molecule has 3 heterocycles. The van der Waals surface area contributed by atoms with Gasteiger partial charge in [0.1, 0.15) is 5.75 Å². The van der Waals surface area contributed by atoms with Crippen LogP contribution in [0.15, 0.2) is 48.6 Å². The van der Waals surface area contributed by atoms with Crippen molar-refractivity contribution in [2.45, 2.75) is 56.1 Å². The molecule has 1 amide bonds. The average Bonchev–Trinajstić information content (AvgIpc) is 3.11. The van der Waals surface area contributed by atoms with Crippen molar-refractivity contribution in [1.82, 2.24) is 9.03 Å². The first-order chi connectivity index (χ1) is 20.7. The maximum atomic E-state index is 13.5. The van der Waals surface area contributed by atoms with Crippen LogP contribution in [-0.4, -0.2) is 75.3 Å². The first-order valence-electron chi connectivity index (χ1n) is 15.3. The molecule has 1 spiro atoms. The highest BCUT2D eigenvalue weighted by Gasteiger charge is 2.44. The van der Waals surface area contributed by atoms with E-state index in [9.17, 15) is 18.3 Å². The molecule has 0 radical (unpaired) electrons. The third-order valence-electron chi connectivity index (χ3n) is 10.1. The molecule has 5 atom stereocenters. The molecular weight excluding hydrogens is 590 g/mol. The summed E-state index contributed by atoms with van der Waals surface area (Å²) in [6, 6.07) is 10.9. The van der Waals surface area contributed by atoms with Gasteiger partial charge in [-0.1, -0.05) is 29.8 Å². The Kier molecular flexibility index (Phi) is 7.70. The summed E-state index contributed by atoms with van der Waals surface area (Å²) in [7, 11) is -4.13. The molecule has 9 nitrogen and oxygen atoms in total. The number of carbonyl (C=O) groups excluding carboxylic acids is 1. The highest BCUT2D eigenvalue weighted by atomic mass is 35.5. The molecule has 2 bridgehead atoms. The minimum Gasteiger partial charge on any atom is -0.490 e. The van der Waals surface area contributed by atoms with E-state index >= 15 is 0 Å². The van der Waals surface area contributed by atoms with Gasteiger partial charge in [0.15, 0.2) is 0 Å². The van der Waals surface area contributed by atoms with E-state index in [-0.39, 0.29) is 42.6 Å². The lowest BCUT2D eigenvalue weighted by Crippen LogP contribution is -2.53. The number of aryl methyl sites for hydroxylation is 1. The molecule has 2 N–H and O–H groups in total. The Morgan fingerprint density at radius 2 is 2.02 bits per heavy atom. The van der Waals surface area contributed by atoms with Gasteiger partial charge >= 0.3 is 10.2 Å². The number of rotatable bonds is 0. The fraction of sp³-hybridized carbons (Fsp3) is 0.531. The second-order valence-corrected chi connectivity index (χ2v) is 14.8. The second kappa shape index (κ2) is 11.4. The lowest BCUT2D eigenvalue weighted by atomic mass is 9.68. The standard InChI is InChI=1S/C32H38ClN3O6S/c33-24-8-10-27-21(15-24)3-2-12-32(27)19-35-17-23-6-9-26(23)29(37)5-1-4-25-18-41-14-13-36(25)43(39,40)34-31(38)22-7-11-30(42-20-32)28(35)16-22/h1,5,7-8,10-11,15-16,23,25-26,29,37H,2-4,6,9,12-14,17-20H2,(H,34,38)/b5-1-/t23-,25+,26+,29+,32-/m0/s1. The number of aliphatic hydroxyl groups excluding tert-OH is 1. The number of nitrogens with zero attached hydrogens (tertiary/aromatic N) is 2. The number of morpholine rings is 1. The van der Waals surface area contributed by atoms with E-state index in [0.29, 0.717) is 31.9 Å². The van der Waals surface area contributed by atoms with Crippen molar-refractivity contribution in [2.24, 2.45) is 11.8 Å². The summed E-state index contributed by atoms with van der Waals surface area (Å²) < 4.78 is 42.5. The lowest BCUT2D eigenvalue weighted by molar-refractivity contribution is 0.0321. The van der Waals surface area contributed by atoms with Gasteiger partial charge in [-0.15, -0.1) is 0 Å². The molecule has 5 aliphatic rings. The van der Waals surface area contributed by atoms with E-state index < -0.39 is 28.3 Å². The van der Waals surface area contributed by atoms with Crippen LogP contribution in [0.2, 0.25) is 5.02 Å². The Morgan fingerprint density at radius 3 is 2.86 bits per heavy atom. The van der Waals surface area contributed by atoms with E-state index in [4.69, 9.17) is 21.1 Å². The Balaban J connectivity index is 1.29. The zero-order valence-electron chi connectivity index (χ0n) is 24.1. The van der Waals surface area contributed by atoms with Gasteiger partial charge in [-0.2, -0.15) is 12.7 Å². The number of amides is 1. The van der Waals surface area contributed by atoms with Crippen LogP contribution in [0.3, 0.4) is 0 Å². The van der Waals surface area contributed by atoms with E-state index in [0.717, 1.165) is 42.8 Å². The van der Waals surface area contributed by atoms with E-state index in [1.807, 2.05) is 12.1 Å². The molecule has 2 fully saturated rings. The van der Waals surface area contributed by atoms with Crippen molar-refractivity contribution in [2.75, 3.05) is 44.4 Å². The van der Waals surface area contributed by atoms with Crippen molar-refractivity contribution in [1.29, 1.82) is 0 Å². The Labute approximate surface area is 258 Å². The van der Waals surface area contributed by atoms with Crippen LogP contribution >= 0.6 is 11.6 Å². The number of nitrogens with one attached hydrogen (secondary N) is 1. The Hall–Kier alpha value is -2.63. The van der Waals surface area contributed by atoms with Gasteiger partial charge in [0.2, 0.25) is 0 Å². The summed E-state index contributed by atoms with van der Waals surface area (Å²) in [5, 5.41) is 11.9. The normalized spacial score (nSPS) is 33.1. The maximum absolute atomic E-state index is 13.5. The van der Waals surface area contributed by atoms with Crippen molar-refractivity contribution in [3.8, 4) is 5.75 Å². The maximum Gasteiger partial charge on any atom is 0.304 e. The van der Waals surface area contributed by atoms with E-state index in [1.54, 1.807) is 24.3 Å². The lowest BCUT2D eigenvalue weighted by Gasteiger charge is -2.45. The van der Waals surface area contributed by atoms with Crippen molar-refractivity contribution in [3.05, 3.63) is 70.3 Å². The molecule has 7 rings (SSSR count). The number of halogens is 1. The summed E-state index contributed by atoms with van der Waals surface area (Å²) >= 11 is 6.39. The quantitative estimate of drug-likeness (QED) is 0.428. The summed E-state index contributed by atoms with van der Waals surface area (Å²) in [5.74, 6) is 0.350. The number of ether oxygens (including phenoxy) is 2. The summed E-state index contributed by atoms with van der Waals surface area (Å²) in [6.45, 7) is 2.50. The van der Waals surface area contributed by atoms with Gasteiger partial charge in [0.05, 0.1) is 37.7 Å². The zero-order chi connectivity index (χ0) is 29.8. The fourth-order valence-corrected chi connectivity index (χ4v) is 9.22. The molecule has 3 aliphatic heterocycles. The van der Waals surface area contributed by atoms with Gasteiger partial charge in [-0.3, -0.25) is 4.79 Å². The van der Waals surface area contributed by atoms with Crippen molar-refractivity contribution in [3.63, 3.8) is 0 Å². The van der Waals surface area contributed by atoms with E-state index in [1.165, 1.54) is 15.4 Å². The Morgan fingerprint density at radius 1 is 1.14 bits per heavy atom. The predicted octanol–water partition coefficient (Wildman–Crippen LogP) is 3.84. The number of carbonyl (C=O) groups is 1. The summed E-state index contributed by atoms with van der Waals surface area (Å²) in [6.07, 6.45) is 8.30. The van der Waals surface area contributed by atoms with Crippen LogP contribution in [0, 0.1) is 11.8 Å². The fourth-order valence-electron chi connectivity index (χ4n) is 7.70. The van der Waals surface area contributed by atoms with Crippen molar-refractivity contribution >= 4 is 33.4 Å². The minimum atomic E-state index is -4.13. The molecule has 2 aromatic carbocycles. The summed E-state index contributed by atoms with van der Waals surface area (Å²) in [4.78, 5) is 15.8. The molecular formula is C32H38ClN3O6S. The van der Waals surface area contributed by atoms with Crippen LogP contribution in [-0.2, 0) is 26.8 Å². The first kappa shape index (κ1) is 29.1. The van der Waals surface area contributed by atoms with Gasteiger partial charge < -0.3 is 19.5 Å². The smallest absolute Gasteiger partial charge is 0.304 e.